The summed E-state index contributed by atoms with van der Waals surface area (Å²) in [7, 11) is 0. The molecular formula is C22H22FN3O2. The Bertz CT molecular complexity index is 964. The summed E-state index contributed by atoms with van der Waals surface area (Å²) in [6, 6.07) is 15.5. The molecule has 1 amide bonds. The highest BCUT2D eigenvalue weighted by atomic mass is 19.1. The molecule has 28 heavy (non-hydrogen) atoms. The lowest BCUT2D eigenvalue weighted by Gasteiger charge is -2.16. The van der Waals surface area contributed by atoms with E-state index in [4.69, 9.17) is 4.74 Å². The molecule has 0 radical (unpaired) electrons. The third kappa shape index (κ3) is 4.22. The highest BCUT2D eigenvalue weighted by molar-refractivity contribution is 5.92. The first-order valence-electron chi connectivity index (χ1n) is 9.53. The molecule has 0 saturated heterocycles. The van der Waals surface area contributed by atoms with Crippen molar-refractivity contribution in [1.82, 2.24) is 15.1 Å². The van der Waals surface area contributed by atoms with Gasteiger partial charge in [0.05, 0.1) is 11.8 Å². The van der Waals surface area contributed by atoms with Crippen LogP contribution in [-0.4, -0.2) is 21.8 Å². The number of carbonyl (C=O) groups excluding carboxylic acids is 1. The van der Waals surface area contributed by atoms with Crippen molar-refractivity contribution in [1.29, 1.82) is 0 Å². The number of hydrogen-bond donors (Lipinski definition) is 1. The second kappa shape index (κ2) is 8.25. The van der Waals surface area contributed by atoms with Gasteiger partial charge in [0, 0.05) is 18.3 Å². The molecule has 144 valence electrons. The third-order valence-electron chi connectivity index (χ3n) is 4.90. The molecule has 1 saturated carbocycles. The van der Waals surface area contributed by atoms with E-state index >= 15 is 0 Å². The molecule has 4 rings (SSSR count). The van der Waals surface area contributed by atoms with Crippen molar-refractivity contribution in [2.24, 2.45) is 0 Å². The molecule has 6 heteroatoms. The van der Waals surface area contributed by atoms with Crippen molar-refractivity contribution in [2.45, 2.75) is 38.3 Å². The Balaban J connectivity index is 1.41. The normalized spacial score (nSPS) is 14.2. The number of nitrogens with one attached hydrogen (secondary N) is 1. The average Bonchev–Trinajstić information content (AvgIpc) is 3.39. The Labute approximate surface area is 163 Å². The monoisotopic (exact) mass is 379 g/mol. The van der Waals surface area contributed by atoms with Gasteiger partial charge in [0.15, 0.2) is 5.69 Å². The van der Waals surface area contributed by atoms with E-state index in [0.717, 1.165) is 24.2 Å². The third-order valence-corrected chi connectivity index (χ3v) is 4.90. The van der Waals surface area contributed by atoms with E-state index in [2.05, 4.69) is 10.4 Å². The predicted molar refractivity (Wildman–Crippen MR) is 104 cm³/mol. The van der Waals surface area contributed by atoms with Gasteiger partial charge < -0.3 is 10.1 Å². The number of halogens is 1. The van der Waals surface area contributed by atoms with Gasteiger partial charge in [0.2, 0.25) is 0 Å². The summed E-state index contributed by atoms with van der Waals surface area (Å²) in [5.41, 5.74) is 1.78. The fraction of sp³-hybridized carbons (Fsp3) is 0.273. The minimum atomic E-state index is -0.349. The summed E-state index contributed by atoms with van der Waals surface area (Å²) in [5.74, 6) is 0.184. The number of rotatable bonds is 6. The summed E-state index contributed by atoms with van der Waals surface area (Å²) in [6.07, 6.45) is 6.48. The molecule has 1 aromatic heterocycles. The molecule has 0 bridgehead atoms. The first-order valence-corrected chi connectivity index (χ1v) is 9.53. The van der Waals surface area contributed by atoms with Gasteiger partial charge in [-0.1, -0.05) is 24.3 Å². The molecule has 2 aromatic carbocycles. The maximum Gasteiger partial charge on any atom is 0.272 e. The molecule has 3 aromatic rings. The molecule has 5 nitrogen and oxygen atoms in total. The van der Waals surface area contributed by atoms with Gasteiger partial charge in [-0.2, -0.15) is 5.10 Å². The minimum absolute atomic E-state index is 0.263. The van der Waals surface area contributed by atoms with E-state index in [1.54, 1.807) is 24.4 Å². The number of amides is 1. The molecule has 0 atom stereocenters. The van der Waals surface area contributed by atoms with Crippen molar-refractivity contribution in [3.8, 4) is 11.4 Å². The van der Waals surface area contributed by atoms with Crippen LogP contribution in [0.3, 0.4) is 0 Å². The Kier molecular flexibility index (Phi) is 5.37. The Morgan fingerprint density at radius 3 is 2.79 bits per heavy atom. The SMILES string of the molecule is O=C(NCc1ccccc1OC1CCCC1)c1ccn(-c2cccc(F)c2)n1. The van der Waals surface area contributed by atoms with Crippen LogP contribution in [0.2, 0.25) is 0 Å². The fourth-order valence-electron chi connectivity index (χ4n) is 3.42. The average molecular weight is 379 g/mol. The molecule has 1 aliphatic carbocycles. The van der Waals surface area contributed by atoms with Crippen molar-refractivity contribution in [3.05, 3.63) is 77.9 Å². The van der Waals surface area contributed by atoms with Gasteiger partial charge in [0.25, 0.3) is 5.91 Å². The van der Waals surface area contributed by atoms with Crippen LogP contribution in [0.1, 0.15) is 41.7 Å². The van der Waals surface area contributed by atoms with E-state index in [1.807, 2.05) is 24.3 Å². The minimum Gasteiger partial charge on any atom is -0.490 e. The standard InChI is InChI=1S/C22H22FN3O2/c23-17-7-5-8-18(14-17)26-13-12-20(25-26)22(27)24-15-16-6-1-4-11-21(16)28-19-9-2-3-10-19/h1,4-8,11-14,19H,2-3,9-10,15H2,(H,24,27). The molecule has 0 spiro atoms. The van der Waals surface area contributed by atoms with Crippen molar-refractivity contribution in [2.75, 3.05) is 0 Å². The quantitative estimate of drug-likeness (QED) is 0.696. The summed E-state index contributed by atoms with van der Waals surface area (Å²) in [4.78, 5) is 12.5. The van der Waals surface area contributed by atoms with Crippen LogP contribution in [0.5, 0.6) is 5.75 Å². The number of nitrogens with zero attached hydrogens (tertiary/aromatic N) is 2. The van der Waals surface area contributed by atoms with Gasteiger partial charge in [-0.15, -0.1) is 0 Å². The zero-order valence-corrected chi connectivity index (χ0v) is 15.5. The van der Waals surface area contributed by atoms with Gasteiger partial charge in [0.1, 0.15) is 11.6 Å². The number of benzene rings is 2. The number of para-hydroxylation sites is 1. The highest BCUT2D eigenvalue weighted by Gasteiger charge is 2.18. The lowest BCUT2D eigenvalue weighted by Crippen LogP contribution is -2.24. The van der Waals surface area contributed by atoms with E-state index in [0.29, 0.717) is 12.2 Å². The molecule has 0 aliphatic heterocycles. The lowest BCUT2D eigenvalue weighted by atomic mass is 10.2. The van der Waals surface area contributed by atoms with Crippen LogP contribution in [0.15, 0.2) is 60.8 Å². The molecule has 1 aliphatic rings. The van der Waals surface area contributed by atoms with Crippen molar-refractivity contribution < 1.29 is 13.9 Å². The maximum absolute atomic E-state index is 13.4. The maximum atomic E-state index is 13.4. The molecule has 1 heterocycles. The molecule has 0 unspecified atom stereocenters. The summed E-state index contributed by atoms with van der Waals surface area (Å²) >= 11 is 0. The van der Waals surface area contributed by atoms with Gasteiger partial charge in [-0.25, -0.2) is 9.07 Å². The Morgan fingerprint density at radius 2 is 1.96 bits per heavy atom. The zero-order chi connectivity index (χ0) is 19.3. The summed E-state index contributed by atoms with van der Waals surface area (Å²) in [5, 5.41) is 7.13. The summed E-state index contributed by atoms with van der Waals surface area (Å²) < 4.78 is 21.0. The van der Waals surface area contributed by atoms with Crippen molar-refractivity contribution in [3.63, 3.8) is 0 Å². The van der Waals surface area contributed by atoms with E-state index in [-0.39, 0.29) is 23.5 Å². The van der Waals surface area contributed by atoms with Crippen LogP contribution in [0, 0.1) is 5.82 Å². The van der Waals surface area contributed by atoms with Crippen LogP contribution >= 0.6 is 0 Å². The second-order valence-corrected chi connectivity index (χ2v) is 6.94. The number of aromatic nitrogens is 2. The number of ether oxygens (including phenoxy) is 1. The van der Waals surface area contributed by atoms with Gasteiger partial charge in [-0.05, 0) is 56.0 Å². The first-order chi connectivity index (χ1) is 13.7. The summed E-state index contributed by atoms with van der Waals surface area (Å²) in [6.45, 7) is 0.356. The zero-order valence-electron chi connectivity index (χ0n) is 15.5. The molecule has 1 fully saturated rings. The second-order valence-electron chi connectivity index (χ2n) is 6.94. The van der Waals surface area contributed by atoms with Crippen molar-refractivity contribution >= 4 is 5.91 Å². The molecule has 1 N–H and O–H groups in total. The Morgan fingerprint density at radius 1 is 1.14 bits per heavy atom. The number of carbonyl (C=O) groups is 1. The topological polar surface area (TPSA) is 56.1 Å². The van der Waals surface area contributed by atoms with Gasteiger partial charge in [-0.3, -0.25) is 4.79 Å². The van der Waals surface area contributed by atoms with Crippen LogP contribution in [0.25, 0.3) is 5.69 Å². The number of hydrogen-bond acceptors (Lipinski definition) is 3. The predicted octanol–water partition coefficient (Wildman–Crippen LogP) is 4.26. The largest absolute Gasteiger partial charge is 0.490 e. The molecular weight excluding hydrogens is 357 g/mol. The van der Waals surface area contributed by atoms with E-state index in [9.17, 15) is 9.18 Å². The van der Waals surface area contributed by atoms with E-state index in [1.165, 1.54) is 29.7 Å². The van der Waals surface area contributed by atoms with Gasteiger partial charge >= 0.3 is 0 Å². The smallest absolute Gasteiger partial charge is 0.272 e. The van der Waals surface area contributed by atoms with Crippen LogP contribution in [0.4, 0.5) is 4.39 Å². The Hall–Kier alpha value is -3.15. The highest BCUT2D eigenvalue weighted by Crippen LogP contribution is 2.26. The fourth-order valence-corrected chi connectivity index (χ4v) is 3.42. The van der Waals surface area contributed by atoms with E-state index < -0.39 is 0 Å². The van der Waals surface area contributed by atoms with Crippen LogP contribution < -0.4 is 10.1 Å². The first kappa shape index (κ1) is 18.2. The lowest BCUT2D eigenvalue weighted by molar-refractivity contribution is 0.0945. The van der Waals surface area contributed by atoms with Crippen LogP contribution in [-0.2, 0) is 6.54 Å².